The van der Waals surface area contributed by atoms with E-state index < -0.39 is 0 Å². The highest BCUT2D eigenvalue weighted by atomic mass is 32.1. The SMILES string of the molecule is Cn1cnc2cc(C(=O)N3CCN(C(=O)Cc4cccs4)CC3)ccc21. The number of nitrogens with zero attached hydrogens (tertiary/aromatic N) is 4. The van der Waals surface area contributed by atoms with E-state index in [2.05, 4.69) is 4.98 Å². The maximum Gasteiger partial charge on any atom is 0.254 e. The van der Waals surface area contributed by atoms with Crippen molar-refractivity contribution in [1.82, 2.24) is 19.4 Å². The third-order valence-corrected chi connectivity index (χ3v) is 5.67. The number of rotatable bonds is 3. The molecule has 6 nitrogen and oxygen atoms in total. The van der Waals surface area contributed by atoms with Crippen molar-refractivity contribution in [3.05, 3.63) is 52.5 Å². The number of thiophene rings is 1. The molecule has 0 unspecified atom stereocenters. The molecule has 1 fully saturated rings. The Bertz CT molecular complexity index is 940. The van der Waals surface area contributed by atoms with Crippen LogP contribution in [0.5, 0.6) is 0 Å². The molecule has 1 aliphatic rings. The van der Waals surface area contributed by atoms with Gasteiger partial charge in [0.2, 0.25) is 5.91 Å². The van der Waals surface area contributed by atoms with Gasteiger partial charge in [-0.05, 0) is 29.6 Å². The lowest BCUT2D eigenvalue weighted by atomic mass is 10.1. The number of carbonyl (C=O) groups is 2. The Morgan fingerprint density at radius 3 is 2.62 bits per heavy atom. The van der Waals surface area contributed by atoms with Crippen molar-refractivity contribution in [2.24, 2.45) is 7.05 Å². The molecule has 0 saturated carbocycles. The van der Waals surface area contributed by atoms with Crippen LogP contribution in [0.25, 0.3) is 11.0 Å². The predicted octanol–water partition coefficient (Wildman–Crippen LogP) is 2.16. The van der Waals surface area contributed by atoms with Gasteiger partial charge in [0.25, 0.3) is 5.91 Å². The van der Waals surface area contributed by atoms with Crippen LogP contribution in [0.15, 0.2) is 42.0 Å². The molecule has 1 aromatic carbocycles. The molecule has 1 aliphatic heterocycles. The molecule has 0 N–H and O–H groups in total. The van der Waals surface area contributed by atoms with E-state index in [4.69, 9.17) is 0 Å². The van der Waals surface area contributed by atoms with Gasteiger partial charge < -0.3 is 14.4 Å². The average molecular weight is 368 g/mol. The van der Waals surface area contributed by atoms with E-state index >= 15 is 0 Å². The van der Waals surface area contributed by atoms with Crippen molar-refractivity contribution < 1.29 is 9.59 Å². The van der Waals surface area contributed by atoms with Gasteiger partial charge in [0, 0.05) is 43.7 Å². The number of aryl methyl sites for hydroxylation is 1. The summed E-state index contributed by atoms with van der Waals surface area (Å²) < 4.78 is 1.93. The minimum atomic E-state index is 0.00269. The third-order valence-electron chi connectivity index (χ3n) is 4.80. The summed E-state index contributed by atoms with van der Waals surface area (Å²) in [6, 6.07) is 9.56. The maximum atomic E-state index is 12.8. The van der Waals surface area contributed by atoms with Gasteiger partial charge in [0.15, 0.2) is 0 Å². The standard InChI is InChI=1S/C19H20N4O2S/c1-21-13-20-16-11-14(4-5-17(16)21)19(25)23-8-6-22(7-9-23)18(24)12-15-3-2-10-26-15/h2-5,10-11,13H,6-9,12H2,1H3. The molecule has 134 valence electrons. The largest absolute Gasteiger partial charge is 0.339 e. The predicted molar refractivity (Wildman–Crippen MR) is 101 cm³/mol. The van der Waals surface area contributed by atoms with E-state index in [-0.39, 0.29) is 11.8 Å². The van der Waals surface area contributed by atoms with Crippen molar-refractivity contribution in [2.45, 2.75) is 6.42 Å². The Morgan fingerprint density at radius 1 is 1.12 bits per heavy atom. The number of benzene rings is 1. The molecule has 0 aliphatic carbocycles. The number of carbonyl (C=O) groups excluding carboxylic acids is 2. The van der Waals surface area contributed by atoms with Crippen LogP contribution < -0.4 is 0 Å². The van der Waals surface area contributed by atoms with E-state index in [1.807, 2.05) is 57.1 Å². The normalized spacial score (nSPS) is 14.8. The molecule has 3 aromatic rings. The first-order valence-corrected chi connectivity index (χ1v) is 9.50. The molecule has 26 heavy (non-hydrogen) atoms. The van der Waals surface area contributed by atoms with Crippen molar-refractivity contribution >= 4 is 34.2 Å². The molecule has 0 spiro atoms. The van der Waals surface area contributed by atoms with Crippen molar-refractivity contribution in [1.29, 1.82) is 0 Å². The summed E-state index contributed by atoms with van der Waals surface area (Å²) in [6.45, 7) is 2.30. The fourth-order valence-corrected chi connectivity index (χ4v) is 3.98. The van der Waals surface area contributed by atoms with E-state index in [1.165, 1.54) is 0 Å². The topological polar surface area (TPSA) is 58.4 Å². The van der Waals surface area contributed by atoms with Gasteiger partial charge in [-0.1, -0.05) is 6.07 Å². The minimum Gasteiger partial charge on any atom is -0.339 e. The monoisotopic (exact) mass is 368 g/mol. The zero-order valence-electron chi connectivity index (χ0n) is 14.6. The second-order valence-electron chi connectivity index (χ2n) is 6.49. The molecule has 1 saturated heterocycles. The fraction of sp³-hybridized carbons (Fsp3) is 0.316. The van der Waals surface area contributed by atoms with E-state index in [1.54, 1.807) is 17.7 Å². The smallest absolute Gasteiger partial charge is 0.254 e. The summed E-state index contributed by atoms with van der Waals surface area (Å²) in [4.78, 5) is 34.2. The van der Waals surface area contributed by atoms with Crippen molar-refractivity contribution in [2.75, 3.05) is 26.2 Å². The summed E-state index contributed by atoms with van der Waals surface area (Å²) in [5.41, 5.74) is 2.48. The van der Waals surface area contributed by atoms with Crippen molar-refractivity contribution in [3.63, 3.8) is 0 Å². The van der Waals surface area contributed by atoms with Crippen molar-refractivity contribution in [3.8, 4) is 0 Å². The number of amides is 2. The van der Waals surface area contributed by atoms with Crippen LogP contribution in [0.4, 0.5) is 0 Å². The zero-order valence-corrected chi connectivity index (χ0v) is 15.4. The van der Waals surface area contributed by atoms with Crippen LogP contribution in [-0.4, -0.2) is 57.3 Å². The minimum absolute atomic E-state index is 0.00269. The van der Waals surface area contributed by atoms with Crippen LogP contribution in [0.1, 0.15) is 15.2 Å². The van der Waals surface area contributed by atoms with E-state index in [9.17, 15) is 9.59 Å². The average Bonchev–Trinajstić information content (AvgIpc) is 3.31. The lowest BCUT2D eigenvalue weighted by molar-refractivity contribution is -0.131. The Morgan fingerprint density at radius 2 is 1.88 bits per heavy atom. The Balaban J connectivity index is 1.38. The highest BCUT2D eigenvalue weighted by molar-refractivity contribution is 7.10. The first-order valence-electron chi connectivity index (χ1n) is 8.62. The lowest BCUT2D eigenvalue weighted by Crippen LogP contribution is -2.50. The number of imidazole rings is 1. The Kier molecular flexibility index (Phi) is 4.46. The number of hydrogen-bond donors (Lipinski definition) is 0. The van der Waals surface area contributed by atoms with Gasteiger partial charge in [0.1, 0.15) is 0 Å². The molecule has 0 radical (unpaired) electrons. The zero-order chi connectivity index (χ0) is 18.1. The number of piperazine rings is 1. The van der Waals surface area contributed by atoms with Gasteiger partial charge in [0.05, 0.1) is 23.8 Å². The summed E-state index contributed by atoms with van der Waals surface area (Å²) >= 11 is 1.60. The number of hydrogen-bond acceptors (Lipinski definition) is 4. The fourth-order valence-electron chi connectivity index (χ4n) is 3.28. The van der Waals surface area contributed by atoms with Gasteiger partial charge in [-0.3, -0.25) is 9.59 Å². The summed E-state index contributed by atoms with van der Waals surface area (Å²) in [5.74, 6) is 0.136. The molecule has 4 rings (SSSR count). The highest BCUT2D eigenvalue weighted by Gasteiger charge is 2.25. The van der Waals surface area contributed by atoms with E-state index in [0.717, 1.165) is 15.9 Å². The molecular formula is C19H20N4O2S. The molecule has 2 aromatic heterocycles. The number of aromatic nitrogens is 2. The molecule has 3 heterocycles. The van der Waals surface area contributed by atoms with Crippen LogP contribution in [-0.2, 0) is 18.3 Å². The van der Waals surface area contributed by atoms with Crippen LogP contribution in [0.2, 0.25) is 0 Å². The summed E-state index contributed by atoms with van der Waals surface area (Å²) in [5, 5.41) is 1.98. The highest BCUT2D eigenvalue weighted by Crippen LogP contribution is 2.17. The molecule has 0 atom stereocenters. The van der Waals surface area contributed by atoms with Gasteiger partial charge in [-0.2, -0.15) is 0 Å². The first-order chi connectivity index (χ1) is 12.6. The summed E-state index contributed by atoms with van der Waals surface area (Å²) in [7, 11) is 1.93. The van der Waals surface area contributed by atoms with Crippen LogP contribution in [0, 0.1) is 0 Å². The molecule has 2 amide bonds. The van der Waals surface area contributed by atoms with Gasteiger partial charge in [-0.25, -0.2) is 4.98 Å². The second kappa shape index (κ2) is 6.92. The second-order valence-corrected chi connectivity index (χ2v) is 7.52. The van der Waals surface area contributed by atoms with Gasteiger partial charge in [-0.15, -0.1) is 11.3 Å². The van der Waals surface area contributed by atoms with Crippen LogP contribution in [0.3, 0.4) is 0 Å². The number of fused-ring (bicyclic) bond motifs is 1. The maximum absolute atomic E-state index is 12.8. The van der Waals surface area contributed by atoms with Crippen LogP contribution >= 0.6 is 11.3 Å². The quantitative estimate of drug-likeness (QED) is 0.712. The Hall–Kier alpha value is -2.67. The summed E-state index contributed by atoms with van der Waals surface area (Å²) in [6.07, 6.45) is 2.19. The Labute approximate surface area is 155 Å². The third kappa shape index (κ3) is 3.22. The van der Waals surface area contributed by atoms with E-state index in [0.29, 0.717) is 38.2 Å². The molecule has 7 heteroatoms. The molecular weight excluding hydrogens is 348 g/mol. The first kappa shape index (κ1) is 16.8. The van der Waals surface area contributed by atoms with Gasteiger partial charge >= 0.3 is 0 Å². The molecule has 0 bridgehead atoms. The lowest BCUT2D eigenvalue weighted by Gasteiger charge is -2.34.